The Bertz CT molecular complexity index is 245. The van der Waals surface area contributed by atoms with Gasteiger partial charge < -0.3 is 5.73 Å². The number of hydrogen-bond donors (Lipinski definition) is 1. The van der Waals surface area contributed by atoms with E-state index in [1.807, 2.05) is 11.3 Å². The summed E-state index contributed by atoms with van der Waals surface area (Å²) in [4.78, 5) is 2.71. The molecule has 1 nitrogen and oxygen atoms in total. The van der Waals surface area contributed by atoms with Gasteiger partial charge in [0.2, 0.25) is 0 Å². The van der Waals surface area contributed by atoms with Crippen LogP contribution in [-0.2, 0) is 13.0 Å². The van der Waals surface area contributed by atoms with Gasteiger partial charge in [0.15, 0.2) is 0 Å². The van der Waals surface area contributed by atoms with Gasteiger partial charge in [-0.15, -0.1) is 11.3 Å². The van der Waals surface area contributed by atoms with E-state index in [2.05, 4.69) is 28.9 Å². The van der Waals surface area contributed by atoms with Crippen LogP contribution in [0.15, 0.2) is 10.5 Å². The molecule has 0 aliphatic rings. The second-order valence-electron chi connectivity index (χ2n) is 2.79. The van der Waals surface area contributed by atoms with Crippen molar-refractivity contribution in [2.24, 2.45) is 5.73 Å². The molecule has 0 spiro atoms. The van der Waals surface area contributed by atoms with Crippen molar-refractivity contribution < 1.29 is 0 Å². The highest BCUT2D eigenvalue weighted by molar-refractivity contribution is 9.10. The Labute approximate surface area is 86.1 Å². The van der Waals surface area contributed by atoms with E-state index in [-0.39, 0.29) is 0 Å². The molecule has 0 radical (unpaired) electrons. The maximum atomic E-state index is 5.55. The summed E-state index contributed by atoms with van der Waals surface area (Å²) in [7, 11) is 0. The van der Waals surface area contributed by atoms with E-state index in [0.29, 0.717) is 6.54 Å². The number of thiophene rings is 1. The van der Waals surface area contributed by atoms with E-state index in [1.54, 1.807) is 0 Å². The van der Waals surface area contributed by atoms with Crippen LogP contribution in [0.25, 0.3) is 0 Å². The van der Waals surface area contributed by atoms with Crippen molar-refractivity contribution >= 4 is 27.3 Å². The third kappa shape index (κ3) is 2.57. The molecule has 0 amide bonds. The molecule has 0 saturated carbocycles. The minimum absolute atomic E-state index is 0.662. The summed E-state index contributed by atoms with van der Waals surface area (Å²) in [5.41, 5.74) is 5.55. The lowest BCUT2D eigenvalue weighted by Gasteiger charge is -1.94. The molecule has 2 N–H and O–H groups in total. The molecule has 0 atom stereocenters. The third-order valence-corrected chi connectivity index (χ3v) is 3.95. The first-order valence-corrected chi connectivity index (χ1v) is 5.86. The molecule has 0 fully saturated rings. The summed E-state index contributed by atoms with van der Waals surface area (Å²) >= 11 is 5.37. The van der Waals surface area contributed by atoms with Gasteiger partial charge in [0, 0.05) is 20.8 Å². The molecule has 0 aliphatic carbocycles. The van der Waals surface area contributed by atoms with Crippen LogP contribution in [0.1, 0.15) is 29.5 Å². The first-order valence-electron chi connectivity index (χ1n) is 4.25. The molecular weight excluding hydrogens is 234 g/mol. The van der Waals surface area contributed by atoms with Crippen molar-refractivity contribution in [2.75, 3.05) is 0 Å². The largest absolute Gasteiger partial charge is 0.326 e. The smallest absolute Gasteiger partial charge is 0.0317 e. The van der Waals surface area contributed by atoms with Crippen molar-refractivity contribution in [1.29, 1.82) is 0 Å². The average Bonchev–Trinajstić information content (AvgIpc) is 2.43. The van der Waals surface area contributed by atoms with Crippen molar-refractivity contribution in [3.05, 3.63) is 20.3 Å². The number of unbranched alkanes of at least 4 members (excludes halogenated alkanes) is 1. The normalized spacial score (nSPS) is 10.6. The Balaban J connectivity index is 2.64. The zero-order chi connectivity index (χ0) is 8.97. The molecule has 3 heteroatoms. The van der Waals surface area contributed by atoms with E-state index in [1.165, 1.54) is 33.5 Å². The fourth-order valence-electron chi connectivity index (χ4n) is 1.07. The van der Waals surface area contributed by atoms with Gasteiger partial charge in [-0.05, 0) is 34.8 Å². The van der Waals surface area contributed by atoms with E-state index in [9.17, 15) is 0 Å². The summed E-state index contributed by atoms with van der Waals surface area (Å²) in [6.07, 6.45) is 3.70. The number of hydrogen-bond acceptors (Lipinski definition) is 2. The van der Waals surface area contributed by atoms with Gasteiger partial charge in [-0.25, -0.2) is 0 Å². The lowest BCUT2D eigenvalue weighted by Crippen LogP contribution is -1.91. The maximum absolute atomic E-state index is 5.55. The minimum atomic E-state index is 0.662. The molecule has 1 aromatic heterocycles. The number of aryl methyl sites for hydroxylation is 1. The van der Waals surface area contributed by atoms with E-state index < -0.39 is 0 Å². The molecule has 0 saturated heterocycles. The third-order valence-electron chi connectivity index (χ3n) is 1.77. The van der Waals surface area contributed by atoms with Gasteiger partial charge in [0.1, 0.15) is 0 Å². The first kappa shape index (κ1) is 10.2. The summed E-state index contributed by atoms with van der Waals surface area (Å²) in [6.45, 7) is 2.88. The molecule has 1 heterocycles. The van der Waals surface area contributed by atoms with Crippen molar-refractivity contribution in [2.45, 2.75) is 32.7 Å². The summed E-state index contributed by atoms with van der Waals surface area (Å²) in [5, 5.41) is 0. The van der Waals surface area contributed by atoms with Crippen molar-refractivity contribution in [3.8, 4) is 0 Å². The molecule has 0 aliphatic heterocycles. The number of rotatable bonds is 4. The van der Waals surface area contributed by atoms with Crippen LogP contribution >= 0.6 is 27.3 Å². The van der Waals surface area contributed by atoms with Gasteiger partial charge in [-0.2, -0.15) is 0 Å². The van der Waals surface area contributed by atoms with Gasteiger partial charge in [0.25, 0.3) is 0 Å². The van der Waals surface area contributed by atoms with Gasteiger partial charge in [-0.1, -0.05) is 13.3 Å². The summed E-state index contributed by atoms with van der Waals surface area (Å²) in [5.74, 6) is 0. The first-order chi connectivity index (χ1) is 5.77. The van der Waals surface area contributed by atoms with Gasteiger partial charge >= 0.3 is 0 Å². The van der Waals surface area contributed by atoms with Crippen LogP contribution < -0.4 is 5.73 Å². The maximum Gasteiger partial charge on any atom is 0.0317 e. The monoisotopic (exact) mass is 247 g/mol. The molecule has 1 aromatic rings. The van der Waals surface area contributed by atoms with Gasteiger partial charge in [-0.3, -0.25) is 0 Å². The van der Waals surface area contributed by atoms with Gasteiger partial charge in [0.05, 0.1) is 0 Å². The molecule has 1 rings (SSSR count). The van der Waals surface area contributed by atoms with Crippen molar-refractivity contribution in [1.82, 2.24) is 0 Å². The van der Waals surface area contributed by atoms with Crippen LogP contribution in [-0.4, -0.2) is 0 Å². The predicted molar refractivity (Wildman–Crippen MR) is 58.5 cm³/mol. The Morgan fingerprint density at radius 1 is 1.58 bits per heavy atom. The fraction of sp³-hybridized carbons (Fsp3) is 0.556. The van der Waals surface area contributed by atoms with Crippen molar-refractivity contribution in [3.63, 3.8) is 0 Å². The van der Waals surface area contributed by atoms with Crippen LogP contribution in [0.5, 0.6) is 0 Å². The average molecular weight is 248 g/mol. The van der Waals surface area contributed by atoms with E-state index >= 15 is 0 Å². The van der Waals surface area contributed by atoms with E-state index in [0.717, 1.165) is 0 Å². The summed E-state index contributed by atoms with van der Waals surface area (Å²) in [6, 6.07) is 2.13. The molecule has 0 unspecified atom stereocenters. The lowest BCUT2D eigenvalue weighted by atomic mass is 10.2. The predicted octanol–water partition coefficient (Wildman–Crippen LogP) is 3.31. The SMILES string of the molecule is CCCCc1sc(CN)cc1Br. The van der Waals surface area contributed by atoms with Crippen LogP contribution in [0, 0.1) is 0 Å². The van der Waals surface area contributed by atoms with Crippen LogP contribution in [0.4, 0.5) is 0 Å². The number of nitrogens with two attached hydrogens (primary N) is 1. The second kappa shape index (κ2) is 5.00. The zero-order valence-corrected chi connectivity index (χ0v) is 9.67. The second-order valence-corrected chi connectivity index (χ2v) is 4.87. The molecule has 0 bridgehead atoms. The van der Waals surface area contributed by atoms with E-state index in [4.69, 9.17) is 5.73 Å². The Hall–Kier alpha value is 0.140. The lowest BCUT2D eigenvalue weighted by molar-refractivity contribution is 0.802. The van der Waals surface area contributed by atoms with Crippen LogP contribution in [0.3, 0.4) is 0 Å². The Kier molecular flexibility index (Phi) is 4.26. The fourth-order valence-corrected chi connectivity index (χ4v) is 2.92. The summed E-state index contributed by atoms with van der Waals surface area (Å²) < 4.78 is 1.24. The molecule has 12 heavy (non-hydrogen) atoms. The highest BCUT2D eigenvalue weighted by Gasteiger charge is 2.04. The molecule has 0 aromatic carbocycles. The standard InChI is InChI=1S/C9H14BrNS/c1-2-3-4-9-8(10)5-7(6-11)12-9/h5H,2-4,6,11H2,1H3. The quantitative estimate of drug-likeness (QED) is 0.869. The highest BCUT2D eigenvalue weighted by atomic mass is 79.9. The molecular formula is C9H14BrNS. The Morgan fingerprint density at radius 2 is 2.33 bits per heavy atom. The topological polar surface area (TPSA) is 26.0 Å². The van der Waals surface area contributed by atoms with Crippen LogP contribution in [0.2, 0.25) is 0 Å². The minimum Gasteiger partial charge on any atom is -0.326 e. The Morgan fingerprint density at radius 3 is 2.83 bits per heavy atom. The number of halogens is 1. The molecule has 68 valence electrons. The zero-order valence-electron chi connectivity index (χ0n) is 7.27. The highest BCUT2D eigenvalue weighted by Crippen LogP contribution is 2.28.